The van der Waals surface area contributed by atoms with Gasteiger partial charge in [0.25, 0.3) is 15.9 Å². The minimum absolute atomic E-state index is 0.00600. The van der Waals surface area contributed by atoms with Crippen molar-refractivity contribution in [1.82, 2.24) is 10.0 Å². The summed E-state index contributed by atoms with van der Waals surface area (Å²) >= 11 is 6.03. The zero-order chi connectivity index (χ0) is 25.5. The predicted octanol–water partition coefficient (Wildman–Crippen LogP) is 4.41. The number of fused-ring (bicyclic) bond motifs is 1. The number of rotatable bonds is 6. The molecule has 0 aromatic heterocycles. The highest BCUT2D eigenvalue weighted by molar-refractivity contribution is 7.90. The van der Waals surface area contributed by atoms with Crippen molar-refractivity contribution < 1.29 is 18.0 Å². The number of halogens is 1. The molecule has 2 atom stereocenters. The lowest BCUT2D eigenvalue weighted by Gasteiger charge is -2.26. The molecule has 0 spiro atoms. The van der Waals surface area contributed by atoms with E-state index >= 15 is 0 Å². The molecule has 3 amide bonds. The van der Waals surface area contributed by atoms with E-state index < -0.39 is 21.6 Å². The first-order valence-corrected chi connectivity index (χ1v) is 13.6. The van der Waals surface area contributed by atoms with E-state index in [9.17, 15) is 18.0 Å². The highest BCUT2D eigenvalue weighted by Crippen LogP contribution is 2.52. The fourth-order valence-corrected chi connectivity index (χ4v) is 6.46. The van der Waals surface area contributed by atoms with E-state index in [0.717, 1.165) is 30.5 Å². The Morgan fingerprint density at radius 2 is 1.67 bits per heavy atom. The molecular weight excluding hydrogens is 498 g/mol. The van der Waals surface area contributed by atoms with Gasteiger partial charge in [-0.3, -0.25) is 4.79 Å². The number of aryl methyl sites for hydroxylation is 2. The molecule has 0 aliphatic heterocycles. The van der Waals surface area contributed by atoms with Crippen molar-refractivity contribution in [1.29, 1.82) is 0 Å². The van der Waals surface area contributed by atoms with Gasteiger partial charge < -0.3 is 10.2 Å². The van der Waals surface area contributed by atoms with E-state index in [1.54, 1.807) is 18.0 Å². The molecule has 1 fully saturated rings. The third kappa shape index (κ3) is 4.47. The molecule has 186 valence electrons. The van der Waals surface area contributed by atoms with Crippen LogP contribution in [0.1, 0.15) is 35.4 Å². The Morgan fingerprint density at radius 1 is 0.972 bits per heavy atom. The number of carbonyl (C=O) groups excluding carboxylic acids is 2. The summed E-state index contributed by atoms with van der Waals surface area (Å²) in [5.74, 6) is -0.601. The lowest BCUT2D eigenvalue weighted by atomic mass is 10.0. The highest BCUT2D eigenvalue weighted by Gasteiger charge is 2.63. The second kappa shape index (κ2) is 9.26. The number of benzene rings is 3. The minimum atomic E-state index is -4.24. The summed E-state index contributed by atoms with van der Waals surface area (Å²) in [5.41, 5.74) is 2.88. The molecular formula is C27H26ClN3O4S. The van der Waals surface area contributed by atoms with Crippen molar-refractivity contribution >= 4 is 39.2 Å². The monoisotopic (exact) mass is 523 g/mol. The van der Waals surface area contributed by atoms with Crippen LogP contribution >= 0.6 is 11.6 Å². The summed E-state index contributed by atoms with van der Waals surface area (Å²) in [6.45, 7) is 0. The van der Waals surface area contributed by atoms with Crippen LogP contribution in [0, 0.1) is 0 Å². The van der Waals surface area contributed by atoms with Crippen molar-refractivity contribution in [2.75, 3.05) is 11.9 Å². The molecule has 0 saturated heterocycles. The summed E-state index contributed by atoms with van der Waals surface area (Å²) in [7, 11) is -2.56. The van der Waals surface area contributed by atoms with Crippen molar-refractivity contribution in [3.05, 3.63) is 94.5 Å². The molecule has 2 aliphatic carbocycles. The van der Waals surface area contributed by atoms with Gasteiger partial charge in [0.1, 0.15) is 10.4 Å². The molecule has 2 aliphatic rings. The Balaban J connectivity index is 1.42. The zero-order valence-electron chi connectivity index (χ0n) is 19.7. The van der Waals surface area contributed by atoms with Crippen molar-refractivity contribution in [3.8, 4) is 0 Å². The molecule has 0 heterocycles. The third-order valence-electron chi connectivity index (χ3n) is 7.01. The van der Waals surface area contributed by atoms with Crippen LogP contribution in [-0.2, 0) is 27.7 Å². The van der Waals surface area contributed by atoms with Crippen molar-refractivity contribution in [3.63, 3.8) is 0 Å². The van der Waals surface area contributed by atoms with E-state index in [4.69, 9.17) is 11.6 Å². The summed E-state index contributed by atoms with van der Waals surface area (Å²) in [6, 6.07) is 20.3. The fourth-order valence-electron chi connectivity index (χ4n) is 5.03. The standard InChI is InChI=1S/C27H26ClN3O4S/c1-31(21-15-14-18-10-7-11-20(18)16-21)25(32)27(17-22(27)19-8-3-2-4-9-19)29-26(33)30-36(34,35)24-13-6-5-12-23(24)28/h2-6,8-9,12-16,22H,7,10-11,17H2,1H3,(H2,29,30,33)/t22-,27?/m1/s1. The topological polar surface area (TPSA) is 95.6 Å². The average molecular weight is 524 g/mol. The smallest absolute Gasteiger partial charge is 0.322 e. The second-order valence-electron chi connectivity index (χ2n) is 9.30. The van der Waals surface area contributed by atoms with Gasteiger partial charge in [0.15, 0.2) is 0 Å². The van der Waals surface area contributed by atoms with Crippen molar-refractivity contribution in [2.24, 2.45) is 0 Å². The molecule has 1 unspecified atom stereocenters. The Bertz CT molecular complexity index is 1440. The average Bonchev–Trinajstić information content (AvgIpc) is 3.38. The van der Waals surface area contributed by atoms with Crippen molar-refractivity contribution in [2.45, 2.75) is 42.0 Å². The number of sulfonamides is 1. The second-order valence-corrected chi connectivity index (χ2v) is 11.4. The molecule has 9 heteroatoms. The molecule has 0 bridgehead atoms. The maximum absolute atomic E-state index is 13.8. The number of hydrogen-bond acceptors (Lipinski definition) is 4. The number of urea groups is 1. The van der Waals surface area contributed by atoms with Gasteiger partial charge >= 0.3 is 6.03 Å². The molecule has 3 aromatic rings. The molecule has 3 aromatic carbocycles. The van der Waals surface area contributed by atoms with Crippen LogP contribution in [0.5, 0.6) is 0 Å². The lowest BCUT2D eigenvalue weighted by molar-refractivity contribution is -0.121. The van der Waals surface area contributed by atoms with Gasteiger partial charge in [-0.25, -0.2) is 17.9 Å². The Kier molecular flexibility index (Phi) is 6.26. The van der Waals surface area contributed by atoms with Gasteiger partial charge in [-0.2, -0.15) is 0 Å². The summed E-state index contributed by atoms with van der Waals surface area (Å²) < 4.78 is 27.6. The van der Waals surface area contributed by atoms with Crippen LogP contribution in [0.15, 0.2) is 77.7 Å². The van der Waals surface area contributed by atoms with Crippen LogP contribution in [0.4, 0.5) is 10.5 Å². The lowest BCUT2D eigenvalue weighted by Crippen LogP contribution is -2.54. The third-order valence-corrected chi connectivity index (χ3v) is 8.84. The van der Waals surface area contributed by atoms with Gasteiger partial charge in [0, 0.05) is 18.7 Å². The number of amides is 3. The summed E-state index contributed by atoms with van der Waals surface area (Å²) in [4.78, 5) is 28.2. The Hall–Kier alpha value is -3.36. The Labute approximate surface area is 215 Å². The van der Waals surface area contributed by atoms with E-state index in [0.29, 0.717) is 6.42 Å². The maximum Gasteiger partial charge on any atom is 0.329 e. The van der Waals surface area contributed by atoms with E-state index in [2.05, 4.69) is 5.32 Å². The number of anilines is 1. The zero-order valence-corrected chi connectivity index (χ0v) is 21.3. The quantitative estimate of drug-likeness (QED) is 0.500. The number of nitrogens with zero attached hydrogens (tertiary/aromatic N) is 1. The predicted molar refractivity (Wildman–Crippen MR) is 139 cm³/mol. The number of likely N-dealkylation sites (N-methyl/N-ethyl adjacent to an activating group) is 1. The van der Waals surface area contributed by atoms with Crippen LogP contribution in [0.25, 0.3) is 0 Å². The molecule has 0 radical (unpaired) electrons. The first kappa shape index (κ1) is 24.3. The molecule has 2 N–H and O–H groups in total. The largest absolute Gasteiger partial charge is 0.329 e. The molecule has 7 nitrogen and oxygen atoms in total. The highest BCUT2D eigenvalue weighted by atomic mass is 35.5. The fraction of sp³-hybridized carbons (Fsp3) is 0.259. The first-order chi connectivity index (χ1) is 17.2. The molecule has 5 rings (SSSR count). The SMILES string of the molecule is CN(C(=O)C1(NC(=O)NS(=O)(=O)c2ccccc2Cl)C[C@@H]1c1ccccc1)c1ccc2c(c1)CCC2. The van der Waals surface area contributed by atoms with E-state index in [-0.39, 0.29) is 21.7 Å². The van der Waals surface area contributed by atoms with Gasteiger partial charge in [-0.1, -0.05) is 60.1 Å². The normalized spacial score (nSPS) is 20.3. The number of carbonyl (C=O) groups is 2. The number of hydrogen-bond donors (Lipinski definition) is 2. The minimum Gasteiger partial charge on any atom is -0.322 e. The van der Waals surface area contributed by atoms with Crippen LogP contribution in [-0.4, -0.2) is 32.9 Å². The molecule has 1 saturated carbocycles. The summed E-state index contributed by atoms with van der Waals surface area (Å²) in [6.07, 6.45) is 3.46. The van der Waals surface area contributed by atoms with E-state index in [1.807, 2.05) is 53.3 Å². The molecule has 36 heavy (non-hydrogen) atoms. The number of nitrogens with one attached hydrogen (secondary N) is 2. The van der Waals surface area contributed by atoms with Crippen LogP contribution in [0.2, 0.25) is 5.02 Å². The van der Waals surface area contributed by atoms with Gasteiger partial charge in [-0.05, 0) is 66.6 Å². The van der Waals surface area contributed by atoms with Gasteiger partial charge in [0.05, 0.1) is 5.02 Å². The van der Waals surface area contributed by atoms with Crippen LogP contribution < -0.4 is 14.9 Å². The first-order valence-electron chi connectivity index (χ1n) is 11.8. The van der Waals surface area contributed by atoms with E-state index in [1.165, 1.54) is 29.3 Å². The summed E-state index contributed by atoms with van der Waals surface area (Å²) in [5, 5.41) is 2.69. The van der Waals surface area contributed by atoms with Gasteiger partial charge in [-0.15, -0.1) is 0 Å². The maximum atomic E-state index is 13.8. The van der Waals surface area contributed by atoms with Gasteiger partial charge in [0.2, 0.25) is 0 Å². The Morgan fingerprint density at radius 3 is 2.42 bits per heavy atom. The van der Waals surface area contributed by atoms with Crippen LogP contribution in [0.3, 0.4) is 0 Å².